The number of amides is 8. The SMILES string of the molecule is CC(C)[C@H](NC(=O)[C@@H](CCC(=O)O)NC(=O)CCOCCOCCOCCOCCNC(=O)CCC(=O)N1Cc2ccccc2/C=C\c2ccccc21)C(=O)N[C@@H](C)C(=O)Nc1ccc2c(c1)[C@@]1(C)CCC[C@](C)(C(=O)NC(=O)[C@@]3(C)CCC[C@]4(C)c5cc(N)ccc5CC[C@@H]34)[C@@H]1CC2. The van der Waals surface area contributed by atoms with Crippen molar-refractivity contribution in [2.24, 2.45) is 28.6 Å². The first-order valence-electron chi connectivity index (χ1n) is 35.4. The summed E-state index contributed by atoms with van der Waals surface area (Å²) in [5.74, 6) is -5.05. The van der Waals surface area contributed by atoms with Gasteiger partial charge in [-0.2, -0.15) is 0 Å². The van der Waals surface area contributed by atoms with Gasteiger partial charge in [0.25, 0.3) is 0 Å². The third-order valence-electron chi connectivity index (χ3n) is 21.6. The van der Waals surface area contributed by atoms with E-state index in [1.807, 2.05) is 92.7 Å². The standard InChI is InChI=1S/C77H102N8O14/c1-49(2)68(71(93)80-50(3)69(91)81-57-25-21-53-23-28-63-75(5,59(53)47-57)34-13-36-77(63,7)73(95)84-72(94)76(6)35-12-33-74(4)58-46-56(78)24-20-52(58)22-27-62(74)76)83-70(92)60(26-31-67(89)90)82-65(87)32-38-96-40-42-98-44-45-99-43-41-97-39-37-79-64(86)29-30-66(88)85-48-55-16-9-8-14-51(55)18-19-54-15-10-11-17-61(54)85/h8-11,14-21,24-25,46-47,49-50,60,62-63,68H,12-13,22-23,26-45,48,78H2,1-7H3,(H,79,86)(H,80,93)(H,81,91)(H,82,87)(H,83,92)(H,89,90)(H,84,94,95)/b19-18-/t50-,60+,62+,63+,68-,74+,75+,76-,77-/m0/s1. The number of hydrogen-bond donors (Lipinski definition) is 8. The van der Waals surface area contributed by atoms with Crippen LogP contribution in [-0.2, 0) is 92.3 Å². The summed E-state index contributed by atoms with van der Waals surface area (Å²) in [5.41, 5.74) is 13.7. The molecule has 8 amide bonds. The van der Waals surface area contributed by atoms with Crippen molar-refractivity contribution in [1.82, 2.24) is 26.6 Å². The van der Waals surface area contributed by atoms with Gasteiger partial charge in [0, 0.05) is 43.6 Å². The number of nitrogens with one attached hydrogen (secondary N) is 6. The molecule has 22 heteroatoms. The Balaban J connectivity index is 0.653. The molecule has 0 saturated heterocycles. The molecule has 9 atom stereocenters. The maximum absolute atomic E-state index is 14.8. The average Bonchev–Trinajstić information content (AvgIpc) is 0.725. The Bertz CT molecular complexity index is 3630. The fraction of sp³-hybridized carbons (Fsp3) is 0.545. The van der Waals surface area contributed by atoms with Gasteiger partial charge in [-0.3, -0.25) is 48.5 Å². The molecule has 4 aliphatic carbocycles. The first kappa shape index (κ1) is 74.9. The van der Waals surface area contributed by atoms with E-state index in [2.05, 4.69) is 64.0 Å². The van der Waals surface area contributed by atoms with Crippen LogP contribution in [0, 0.1) is 28.6 Å². The number of nitrogens with two attached hydrogens (primary N) is 1. The number of carbonyl (C=O) groups is 9. The number of aryl methyl sites for hydroxylation is 2. The van der Waals surface area contributed by atoms with Gasteiger partial charge in [-0.25, -0.2) is 0 Å². The third-order valence-corrected chi connectivity index (χ3v) is 21.6. The predicted octanol–water partition coefficient (Wildman–Crippen LogP) is 8.64. The zero-order valence-corrected chi connectivity index (χ0v) is 58.7. The molecule has 0 unspecified atom stereocenters. The summed E-state index contributed by atoms with van der Waals surface area (Å²) < 4.78 is 22.3. The second-order valence-corrected chi connectivity index (χ2v) is 28.8. The molecule has 1 heterocycles. The highest BCUT2D eigenvalue weighted by Gasteiger charge is 2.58. The number of fused-ring (bicyclic) bond motifs is 8. The normalized spacial score (nSPS) is 23.2. The van der Waals surface area contributed by atoms with Crippen molar-refractivity contribution in [3.05, 3.63) is 124 Å². The molecule has 1 aliphatic heterocycles. The summed E-state index contributed by atoms with van der Waals surface area (Å²) in [6.45, 7) is 15.9. The zero-order valence-electron chi connectivity index (χ0n) is 58.7. The number of nitrogens with zero attached hydrogens (tertiary/aromatic N) is 1. The maximum Gasteiger partial charge on any atom is 0.303 e. The van der Waals surface area contributed by atoms with Gasteiger partial charge in [0.2, 0.25) is 47.3 Å². The van der Waals surface area contributed by atoms with Crippen LogP contribution in [0.3, 0.4) is 0 Å². The first-order chi connectivity index (χ1) is 47.3. The number of benzene rings is 4. The number of anilines is 3. The highest BCUT2D eigenvalue weighted by Crippen LogP contribution is 2.60. The smallest absolute Gasteiger partial charge is 0.303 e. The summed E-state index contributed by atoms with van der Waals surface area (Å²) in [6, 6.07) is 24.1. The largest absolute Gasteiger partial charge is 0.481 e. The number of rotatable bonds is 31. The van der Waals surface area contributed by atoms with E-state index in [1.165, 1.54) is 18.1 Å². The Morgan fingerprint density at radius 1 is 0.576 bits per heavy atom. The fourth-order valence-electron chi connectivity index (χ4n) is 16.2. The van der Waals surface area contributed by atoms with E-state index in [0.717, 1.165) is 78.5 Å². The number of carbonyl (C=O) groups excluding carboxylic acids is 8. The molecule has 0 aromatic heterocycles. The van der Waals surface area contributed by atoms with Gasteiger partial charge in [0.05, 0.1) is 75.9 Å². The minimum atomic E-state index is -1.30. The predicted molar refractivity (Wildman–Crippen MR) is 378 cm³/mol. The Kier molecular flexibility index (Phi) is 25.5. The lowest BCUT2D eigenvalue weighted by Gasteiger charge is -2.56. The Hall–Kier alpha value is -8.31. The minimum absolute atomic E-state index is 0.0203. The highest BCUT2D eigenvalue weighted by molar-refractivity contribution is 6.02. The molecule has 9 N–H and O–H groups in total. The summed E-state index contributed by atoms with van der Waals surface area (Å²) in [5, 5.41) is 26.3. The van der Waals surface area contributed by atoms with Crippen LogP contribution in [0.5, 0.6) is 0 Å². The van der Waals surface area contributed by atoms with Gasteiger partial charge >= 0.3 is 5.97 Å². The molecule has 0 bridgehead atoms. The molecule has 5 aliphatic rings. The van der Waals surface area contributed by atoms with Crippen molar-refractivity contribution in [2.75, 3.05) is 75.4 Å². The van der Waals surface area contributed by atoms with Crippen molar-refractivity contribution in [1.29, 1.82) is 0 Å². The summed E-state index contributed by atoms with van der Waals surface area (Å²) >= 11 is 0. The number of hydrogen-bond acceptors (Lipinski definition) is 14. The fourth-order valence-corrected chi connectivity index (χ4v) is 16.2. The van der Waals surface area contributed by atoms with E-state index < -0.39 is 76.3 Å². The van der Waals surface area contributed by atoms with E-state index in [0.29, 0.717) is 50.4 Å². The van der Waals surface area contributed by atoms with Gasteiger partial charge in [-0.15, -0.1) is 0 Å². The van der Waals surface area contributed by atoms with E-state index in [1.54, 1.807) is 18.7 Å². The van der Waals surface area contributed by atoms with E-state index >= 15 is 0 Å². The molecule has 4 aromatic rings. The maximum atomic E-state index is 14.8. The first-order valence-corrected chi connectivity index (χ1v) is 35.4. The summed E-state index contributed by atoms with van der Waals surface area (Å²) in [7, 11) is 0. The van der Waals surface area contributed by atoms with E-state index in [4.69, 9.17) is 24.7 Å². The highest BCUT2D eigenvalue weighted by atomic mass is 16.6. The van der Waals surface area contributed by atoms with Crippen LogP contribution in [0.2, 0.25) is 0 Å². The molecule has 99 heavy (non-hydrogen) atoms. The van der Waals surface area contributed by atoms with Crippen LogP contribution in [-0.4, -0.2) is 136 Å². The molecule has 0 radical (unpaired) electrons. The monoisotopic (exact) mass is 1360 g/mol. The molecule has 2 fully saturated rings. The second-order valence-electron chi connectivity index (χ2n) is 28.8. The third kappa shape index (κ3) is 18.2. The average molecular weight is 1360 g/mol. The zero-order chi connectivity index (χ0) is 71.1. The lowest BCUT2D eigenvalue weighted by molar-refractivity contribution is -0.150. The summed E-state index contributed by atoms with van der Waals surface area (Å²) in [4.78, 5) is 124. The Morgan fingerprint density at radius 3 is 1.77 bits per heavy atom. The van der Waals surface area contributed by atoms with Crippen LogP contribution in [0.25, 0.3) is 12.2 Å². The lowest BCUT2D eigenvalue weighted by Crippen LogP contribution is -2.60. The number of imide groups is 1. The molecule has 22 nitrogen and oxygen atoms in total. The van der Waals surface area contributed by atoms with Gasteiger partial charge in [-0.1, -0.05) is 121 Å². The van der Waals surface area contributed by atoms with Gasteiger partial charge < -0.3 is 61.3 Å². The van der Waals surface area contributed by atoms with Crippen LogP contribution in [0.4, 0.5) is 17.1 Å². The second kappa shape index (κ2) is 33.7. The van der Waals surface area contributed by atoms with Crippen molar-refractivity contribution in [2.45, 2.75) is 180 Å². The molecule has 2 saturated carbocycles. The number of nitrogen functional groups attached to an aromatic ring is 1. The number of para-hydroxylation sites is 1. The molecular weight excluding hydrogens is 1260 g/mol. The minimum Gasteiger partial charge on any atom is -0.481 e. The Morgan fingerprint density at radius 2 is 1.14 bits per heavy atom. The number of ether oxygens (including phenoxy) is 4. The lowest BCUT2D eigenvalue weighted by atomic mass is 9.49. The summed E-state index contributed by atoms with van der Waals surface area (Å²) in [6.07, 6.45) is 11.2. The van der Waals surface area contributed by atoms with Gasteiger partial charge in [0.1, 0.15) is 18.1 Å². The van der Waals surface area contributed by atoms with Gasteiger partial charge in [0.15, 0.2) is 0 Å². The van der Waals surface area contributed by atoms with Crippen LogP contribution >= 0.6 is 0 Å². The quantitative estimate of drug-likeness (QED) is 0.0133. The molecule has 4 aromatic carbocycles. The molecule has 9 rings (SSSR count). The topological polar surface area (TPSA) is 312 Å². The number of carboxylic acid groups (broad SMARTS) is 1. The van der Waals surface area contributed by atoms with Crippen molar-refractivity contribution < 1.29 is 67.2 Å². The van der Waals surface area contributed by atoms with Crippen molar-refractivity contribution in [3.63, 3.8) is 0 Å². The van der Waals surface area contributed by atoms with E-state index in [-0.39, 0.29) is 113 Å². The Labute approximate surface area is 581 Å². The van der Waals surface area contributed by atoms with Crippen molar-refractivity contribution >= 4 is 82.4 Å². The molecule has 534 valence electrons. The van der Waals surface area contributed by atoms with Crippen molar-refractivity contribution in [3.8, 4) is 0 Å². The van der Waals surface area contributed by atoms with Crippen LogP contribution in [0.1, 0.15) is 171 Å². The number of carboxylic acids is 1. The molecular formula is C77H102N8O14. The van der Waals surface area contributed by atoms with Crippen LogP contribution in [0.15, 0.2) is 84.9 Å². The number of aliphatic carboxylic acids is 1. The van der Waals surface area contributed by atoms with Gasteiger partial charge in [-0.05, 0) is 163 Å². The molecule has 0 spiro atoms. The van der Waals surface area contributed by atoms with Crippen LogP contribution < -0.4 is 42.5 Å². The van der Waals surface area contributed by atoms with E-state index in [9.17, 15) is 48.3 Å².